The zero-order chi connectivity index (χ0) is 43.4. The number of pyridine rings is 1. The minimum Gasteiger partial charge on any atom is -0.358 e. The first-order chi connectivity index (χ1) is 30.4. The van der Waals surface area contributed by atoms with E-state index >= 15 is 8.78 Å². The number of rotatable bonds is 8. The summed E-state index contributed by atoms with van der Waals surface area (Å²) in [6, 6.07) is 15.9. The molecular weight excluding hydrogens is 837 g/mol. The average Bonchev–Trinajstić information content (AvgIpc) is 3.66. The Bertz CT molecular complexity index is 2900. The molecule has 0 radical (unpaired) electrons. The Morgan fingerprint density at radius 3 is 2.59 bits per heavy atom. The number of halogens is 4. The van der Waals surface area contributed by atoms with Crippen LogP contribution < -0.4 is 15.5 Å². The number of fused-ring (bicyclic) bond motifs is 4. The number of carbonyl (C=O) groups excluding carboxylic acids is 4. The van der Waals surface area contributed by atoms with Crippen LogP contribution in [-0.2, 0) is 22.6 Å². The highest BCUT2D eigenvalue weighted by molar-refractivity contribution is 6.32. The molecule has 1 aliphatic carbocycles. The van der Waals surface area contributed by atoms with Crippen molar-refractivity contribution in [1.29, 1.82) is 0 Å². The molecular formula is C45H40ClF3N10O4. The molecule has 2 aromatic carbocycles. The summed E-state index contributed by atoms with van der Waals surface area (Å²) in [7, 11) is 0. The fourth-order valence-electron chi connectivity index (χ4n) is 9.87. The average molecular weight is 877 g/mol. The first-order valence-corrected chi connectivity index (χ1v) is 21.4. The quantitative estimate of drug-likeness (QED) is 0.157. The van der Waals surface area contributed by atoms with Crippen molar-refractivity contribution < 1.29 is 32.3 Å². The summed E-state index contributed by atoms with van der Waals surface area (Å²) in [5, 5.41) is 11.1. The molecule has 4 aromatic heterocycles. The third-order valence-electron chi connectivity index (χ3n) is 13.4. The van der Waals surface area contributed by atoms with Gasteiger partial charge in [0, 0.05) is 85.2 Å². The van der Waals surface area contributed by atoms with Crippen molar-refractivity contribution in [3.8, 4) is 11.3 Å². The number of imide groups is 1. The molecule has 8 heterocycles. The maximum absolute atomic E-state index is 16.0. The lowest BCUT2D eigenvalue weighted by Gasteiger charge is -2.57. The number of nitrogens with one attached hydrogen (secondary N) is 3. The maximum atomic E-state index is 16.0. The number of nitrogens with zero attached hydrogens (tertiary/aromatic N) is 7. The minimum atomic E-state index is -3.12. The molecule has 18 heteroatoms. The van der Waals surface area contributed by atoms with E-state index in [1.807, 2.05) is 47.5 Å². The van der Waals surface area contributed by atoms with Gasteiger partial charge in [0.1, 0.15) is 6.17 Å². The fraction of sp³-hybridized carbons (Fsp3) is 0.356. The molecule has 1 spiro atoms. The number of aromatic nitrogens is 5. The Kier molecular flexibility index (Phi) is 9.17. The van der Waals surface area contributed by atoms with E-state index in [-0.39, 0.29) is 61.1 Å². The molecule has 3 saturated heterocycles. The first-order valence-electron chi connectivity index (χ1n) is 21.0. The Morgan fingerprint density at radius 1 is 0.984 bits per heavy atom. The van der Waals surface area contributed by atoms with Gasteiger partial charge in [0.2, 0.25) is 11.8 Å². The van der Waals surface area contributed by atoms with E-state index < -0.39 is 53.7 Å². The molecule has 5 aliphatic rings. The number of alkyl halides is 3. The predicted octanol–water partition coefficient (Wildman–Crippen LogP) is 5.96. The van der Waals surface area contributed by atoms with Gasteiger partial charge in [0.05, 0.1) is 41.3 Å². The summed E-state index contributed by atoms with van der Waals surface area (Å²) in [5.41, 5.74) is 5.45. The van der Waals surface area contributed by atoms with Gasteiger partial charge >= 0.3 is 0 Å². The molecule has 1 saturated carbocycles. The topological polar surface area (TPSA) is 161 Å². The molecule has 4 fully saturated rings. The first kappa shape index (κ1) is 39.5. The predicted molar refractivity (Wildman–Crippen MR) is 226 cm³/mol. The van der Waals surface area contributed by atoms with Gasteiger partial charge in [-0.05, 0) is 72.4 Å². The fourth-order valence-corrected chi connectivity index (χ4v) is 10.1. The summed E-state index contributed by atoms with van der Waals surface area (Å²) >= 11 is 6.39. The lowest BCUT2D eigenvalue weighted by molar-refractivity contribution is -0.220. The van der Waals surface area contributed by atoms with Crippen LogP contribution in [0.2, 0.25) is 5.02 Å². The minimum absolute atomic E-state index is 0.140. The van der Waals surface area contributed by atoms with Crippen molar-refractivity contribution in [2.45, 2.75) is 62.7 Å². The monoisotopic (exact) mass is 876 g/mol. The second-order valence-electron chi connectivity index (χ2n) is 17.4. The molecule has 3 N–H and O–H groups in total. The van der Waals surface area contributed by atoms with Crippen LogP contribution in [-0.4, -0.2) is 109 Å². The molecule has 4 aliphatic heterocycles. The zero-order valence-corrected chi connectivity index (χ0v) is 34.5. The number of likely N-dealkylation sites (tertiary alicyclic amines) is 2. The van der Waals surface area contributed by atoms with Crippen molar-refractivity contribution in [2.75, 3.05) is 37.6 Å². The van der Waals surface area contributed by atoms with Crippen LogP contribution in [0.4, 0.5) is 24.7 Å². The van der Waals surface area contributed by atoms with Crippen LogP contribution in [0.3, 0.4) is 0 Å². The number of imidazole rings is 1. The van der Waals surface area contributed by atoms with Crippen LogP contribution >= 0.6 is 11.6 Å². The maximum Gasteiger partial charge on any atom is 0.273 e. The summed E-state index contributed by atoms with van der Waals surface area (Å²) in [6.07, 6.45) is 5.56. The summed E-state index contributed by atoms with van der Waals surface area (Å²) in [5.74, 6) is -5.04. The van der Waals surface area contributed by atoms with Gasteiger partial charge in [-0.3, -0.25) is 34.4 Å². The number of piperidine rings is 2. The zero-order valence-electron chi connectivity index (χ0n) is 33.7. The van der Waals surface area contributed by atoms with Crippen LogP contribution in [0, 0.1) is 5.41 Å². The highest BCUT2D eigenvalue weighted by Gasteiger charge is 2.62. The van der Waals surface area contributed by atoms with Gasteiger partial charge in [-0.2, -0.15) is 0 Å². The molecule has 322 valence electrons. The smallest absolute Gasteiger partial charge is 0.273 e. The second kappa shape index (κ2) is 14.6. The second-order valence-corrected chi connectivity index (χ2v) is 17.8. The van der Waals surface area contributed by atoms with Crippen LogP contribution in [0.1, 0.15) is 69.1 Å². The lowest BCUT2D eigenvalue weighted by atomic mass is 9.69. The van der Waals surface area contributed by atoms with Crippen molar-refractivity contribution in [3.05, 3.63) is 106 Å². The number of amides is 4. The van der Waals surface area contributed by atoms with E-state index in [1.54, 1.807) is 6.20 Å². The largest absolute Gasteiger partial charge is 0.358 e. The summed E-state index contributed by atoms with van der Waals surface area (Å²) < 4.78 is 47.1. The Balaban J connectivity index is 0.756. The van der Waals surface area contributed by atoms with Gasteiger partial charge in [0.15, 0.2) is 17.2 Å². The van der Waals surface area contributed by atoms with E-state index in [2.05, 4.69) is 25.5 Å². The molecule has 3 atom stereocenters. The number of aromatic amines is 1. The number of H-pyrrole nitrogens is 1. The van der Waals surface area contributed by atoms with E-state index in [4.69, 9.17) is 21.7 Å². The van der Waals surface area contributed by atoms with Crippen molar-refractivity contribution in [2.24, 2.45) is 5.41 Å². The third kappa shape index (κ3) is 6.62. The molecule has 11 rings (SSSR count). The Labute approximate surface area is 362 Å². The third-order valence-corrected chi connectivity index (χ3v) is 13.8. The highest BCUT2D eigenvalue weighted by Crippen LogP contribution is 2.51. The molecule has 0 bridgehead atoms. The van der Waals surface area contributed by atoms with Crippen LogP contribution in [0.25, 0.3) is 27.8 Å². The van der Waals surface area contributed by atoms with Crippen molar-refractivity contribution in [3.63, 3.8) is 0 Å². The number of carbonyl (C=O) groups is 4. The standard InChI is InChI=1S/C45H40ClF3N10O4/c46-31-7-5-25(16-30(31)28-6-9-37(60)54-41(28)61)43(63)57-15-12-44(45(48,49)23-57)21-56(22-44)20-24-4-8-33(51-18-24)26-2-1-3-35-27(26)11-14-58(35)39-29-10-13-50-38(29)40-52-19-36(59(40)55-39)42(62)53-34-17-32(34)47/h1-5,7-8,10,13,16,18-19,28,32,34,50H,6,9,11-12,14-15,17,20-23H2,(H,53,62)(H,54,60,61)/t28?,32-,34+/m0/s1. The Hall–Kier alpha value is -6.33. The number of hydrogen-bond donors (Lipinski definition) is 3. The number of benzene rings is 2. The molecule has 63 heavy (non-hydrogen) atoms. The van der Waals surface area contributed by atoms with E-state index in [9.17, 15) is 23.6 Å². The highest BCUT2D eigenvalue weighted by atomic mass is 35.5. The number of hydrogen-bond acceptors (Lipinski definition) is 9. The molecule has 4 amide bonds. The van der Waals surface area contributed by atoms with Crippen molar-refractivity contribution >= 4 is 63.3 Å². The van der Waals surface area contributed by atoms with E-state index in [1.165, 1.54) is 33.8 Å². The van der Waals surface area contributed by atoms with E-state index in [0.29, 0.717) is 43.0 Å². The lowest BCUT2D eigenvalue weighted by Crippen LogP contribution is -2.70. The van der Waals surface area contributed by atoms with Gasteiger partial charge in [-0.25, -0.2) is 22.7 Å². The van der Waals surface area contributed by atoms with Gasteiger partial charge in [-0.1, -0.05) is 29.8 Å². The van der Waals surface area contributed by atoms with E-state index in [0.717, 1.165) is 39.0 Å². The normalized spacial score (nSPS) is 22.6. The molecule has 1 unspecified atom stereocenters. The van der Waals surface area contributed by atoms with Gasteiger partial charge in [0.25, 0.3) is 17.7 Å². The van der Waals surface area contributed by atoms with Crippen LogP contribution in [0.15, 0.2) is 73.2 Å². The SMILES string of the molecule is O=C1CCC(c2cc(C(=O)N3CCC4(CN(Cc5ccc(-c6cccc7c6CCN7c6nn7c(C(=O)N[C@@H]8C[C@@H]8F)cnc7c7[nH]ccc67)nc5)C4)C(F)(F)C3)ccc2Cl)C(=O)N1. The van der Waals surface area contributed by atoms with Crippen LogP contribution in [0.5, 0.6) is 0 Å². The van der Waals surface area contributed by atoms with Gasteiger partial charge in [-0.15, -0.1) is 5.10 Å². The summed E-state index contributed by atoms with van der Waals surface area (Å²) in [4.78, 5) is 68.7. The summed E-state index contributed by atoms with van der Waals surface area (Å²) in [6.45, 7) is 0.904. The Morgan fingerprint density at radius 2 is 1.83 bits per heavy atom. The molecule has 6 aromatic rings. The van der Waals surface area contributed by atoms with Crippen molar-refractivity contribution in [1.82, 2.24) is 45.0 Å². The van der Waals surface area contributed by atoms with Gasteiger partial charge < -0.3 is 20.1 Å². The number of anilines is 2. The molecule has 14 nitrogen and oxygen atoms in total.